The molecule has 27 heavy (non-hydrogen) atoms. The molecular formula is C23H24INO2. The van der Waals surface area contributed by atoms with Crippen LogP contribution in [-0.4, -0.2) is 7.11 Å². The lowest BCUT2D eigenvalue weighted by atomic mass is 10.1. The molecule has 0 radical (unpaired) electrons. The van der Waals surface area contributed by atoms with E-state index >= 15 is 0 Å². The van der Waals surface area contributed by atoms with Gasteiger partial charge in [0.25, 0.3) is 0 Å². The van der Waals surface area contributed by atoms with Gasteiger partial charge in [-0.05, 0) is 71.3 Å². The Labute approximate surface area is 174 Å². The Bertz CT molecular complexity index is 910. The van der Waals surface area contributed by atoms with Gasteiger partial charge in [-0.1, -0.05) is 48.0 Å². The molecule has 0 spiro atoms. The van der Waals surface area contributed by atoms with Crippen LogP contribution in [0.1, 0.15) is 22.3 Å². The molecule has 4 heteroatoms. The number of halogens is 1. The zero-order valence-corrected chi connectivity index (χ0v) is 18.0. The first-order valence-corrected chi connectivity index (χ1v) is 9.99. The highest BCUT2D eigenvalue weighted by Gasteiger charge is 2.12. The number of ether oxygens (including phenoxy) is 2. The Balaban J connectivity index is 1.73. The summed E-state index contributed by atoms with van der Waals surface area (Å²) in [7, 11) is 1.68. The fourth-order valence-electron chi connectivity index (χ4n) is 2.95. The van der Waals surface area contributed by atoms with E-state index in [4.69, 9.17) is 9.47 Å². The fourth-order valence-corrected chi connectivity index (χ4v) is 3.78. The lowest BCUT2D eigenvalue weighted by Crippen LogP contribution is -2.04. The second-order valence-electron chi connectivity index (χ2n) is 6.56. The summed E-state index contributed by atoms with van der Waals surface area (Å²) < 4.78 is 12.7. The van der Waals surface area contributed by atoms with Gasteiger partial charge in [-0.25, -0.2) is 0 Å². The molecule has 3 rings (SSSR count). The molecule has 0 aromatic heterocycles. The predicted octanol–water partition coefficient (Wildman–Crippen LogP) is 6.11. The molecule has 3 aromatic rings. The van der Waals surface area contributed by atoms with Gasteiger partial charge < -0.3 is 14.8 Å². The van der Waals surface area contributed by atoms with Crippen molar-refractivity contribution in [3.8, 4) is 11.5 Å². The molecule has 0 heterocycles. The van der Waals surface area contributed by atoms with Gasteiger partial charge in [0.15, 0.2) is 11.5 Å². The summed E-state index contributed by atoms with van der Waals surface area (Å²) in [6.07, 6.45) is 0. The van der Waals surface area contributed by atoms with Crippen molar-refractivity contribution in [2.45, 2.75) is 27.0 Å². The monoisotopic (exact) mass is 473 g/mol. The molecular weight excluding hydrogens is 449 g/mol. The second kappa shape index (κ2) is 9.13. The summed E-state index contributed by atoms with van der Waals surface area (Å²) >= 11 is 2.31. The third kappa shape index (κ3) is 5.16. The minimum atomic E-state index is 0.521. The van der Waals surface area contributed by atoms with Crippen LogP contribution in [0.25, 0.3) is 0 Å². The van der Waals surface area contributed by atoms with E-state index in [0.717, 1.165) is 38.4 Å². The number of hydrogen-bond donors (Lipinski definition) is 1. The van der Waals surface area contributed by atoms with E-state index in [-0.39, 0.29) is 0 Å². The van der Waals surface area contributed by atoms with E-state index in [0.29, 0.717) is 6.61 Å². The standard InChI is InChI=1S/C23H24INO2/c1-16-9-10-21(17(2)11-16)25-14-19-12-20(24)23(22(13-19)26-3)27-15-18-7-5-4-6-8-18/h4-13,25H,14-15H2,1-3H3. The summed E-state index contributed by atoms with van der Waals surface area (Å²) in [5.74, 6) is 1.55. The van der Waals surface area contributed by atoms with Crippen LogP contribution in [-0.2, 0) is 13.2 Å². The quantitative estimate of drug-likeness (QED) is 0.421. The Morgan fingerprint density at radius 3 is 2.41 bits per heavy atom. The normalized spacial score (nSPS) is 10.5. The molecule has 140 valence electrons. The van der Waals surface area contributed by atoms with Crippen LogP contribution >= 0.6 is 22.6 Å². The molecule has 3 nitrogen and oxygen atoms in total. The maximum absolute atomic E-state index is 6.04. The molecule has 0 aliphatic rings. The number of rotatable bonds is 7. The topological polar surface area (TPSA) is 30.5 Å². The Morgan fingerprint density at radius 2 is 1.70 bits per heavy atom. The third-order valence-corrected chi connectivity index (χ3v) is 5.18. The van der Waals surface area contributed by atoms with Gasteiger partial charge in [0, 0.05) is 12.2 Å². The average Bonchev–Trinajstić information content (AvgIpc) is 2.67. The number of methoxy groups -OCH3 is 1. The highest BCUT2D eigenvalue weighted by Crippen LogP contribution is 2.35. The molecule has 0 saturated heterocycles. The smallest absolute Gasteiger partial charge is 0.174 e. The van der Waals surface area contributed by atoms with Crippen molar-refractivity contribution in [1.82, 2.24) is 0 Å². The highest BCUT2D eigenvalue weighted by molar-refractivity contribution is 14.1. The lowest BCUT2D eigenvalue weighted by Gasteiger charge is -2.16. The van der Waals surface area contributed by atoms with Gasteiger partial charge >= 0.3 is 0 Å². The van der Waals surface area contributed by atoms with E-state index in [2.05, 4.69) is 78.2 Å². The molecule has 0 bridgehead atoms. The minimum absolute atomic E-state index is 0.521. The maximum atomic E-state index is 6.04. The number of hydrogen-bond acceptors (Lipinski definition) is 3. The van der Waals surface area contributed by atoms with Crippen molar-refractivity contribution < 1.29 is 9.47 Å². The number of anilines is 1. The zero-order chi connectivity index (χ0) is 19.2. The molecule has 0 aliphatic carbocycles. The van der Waals surface area contributed by atoms with Gasteiger partial charge in [0.1, 0.15) is 6.61 Å². The van der Waals surface area contributed by atoms with Crippen LogP contribution in [0.5, 0.6) is 11.5 Å². The van der Waals surface area contributed by atoms with Crippen molar-refractivity contribution in [3.05, 3.63) is 86.5 Å². The zero-order valence-electron chi connectivity index (χ0n) is 15.9. The van der Waals surface area contributed by atoms with Crippen molar-refractivity contribution in [2.75, 3.05) is 12.4 Å². The number of aryl methyl sites for hydroxylation is 2. The van der Waals surface area contributed by atoms with Crippen molar-refractivity contribution >= 4 is 28.3 Å². The first kappa shape index (κ1) is 19.5. The van der Waals surface area contributed by atoms with Crippen molar-refractivity contribution in [3.63, 3.8) is 0 Å². The van der Waals surface area contributed by atoms with Crippen LogP contribution in [0.4, 0.5) is 5.69 Å². The van der Waals surface area contributed by atoms with Crippen LogP contribution in [0, 0.1) is 17.4 Å². The number of nitrogens with one attached hydrogen (secondary N) is 1. The van der Waals surface area contributed by atoms with Gasteiger partial charge in [-0.2, -0.15) is 0 Å². The van der Waals surface area contributed by atoms with E-state index in [1.165, 1.54) is 11.1 Å². The maximum Gasteiger partial charge on any atom is 0.174 e. The van der Waals surface area contributed by atoms with E-state index < -0.39 is 0 Å². The van der Waals surface area contributed by atoms with Gasteiger partial charge in [0.05, 0.1) is 10.7 Å². The van der Waals surface area contributed by atoms with Crippen LogP contribution in [0.3, 0.4) is 0 Å². The number of benzene rings is 3. The Kier molecular flexibility index (Phi) is 6.61. The highest BCUT2D eigenvalue weighted by atomic mass is 127. The summed E-state index contributed by atoms with van der Waals surface area (Å²) in [6, 6.07) is 20.8. The summed E-state index contributed by atoms with van der Waals surface area (Å²) in [5.41, 5.74) is 5.96. The summed E-state index contributed by atoms with van der Waals surface area (Å²) in [4.78, 5) is 0. The third-order valence-electron chi connectivity index (χ3n) is 4.38. The SMILES string of the molecule is COc1cc(CNc2ccc(C)cc2C)cc(I)c1OCc1ccccc1. The molecule has 0 unspecified atom stereocenters. The Morgan fingerprint density at radius 1 is 0.926 bits per heavy atom. The van der Waals surface area contributed by atoms with Gasteiger partial charge in [-0.3, -0.25) is 0 Å². The van der Waals surface area contributed by atoms with Gasteiger partial charge in [-0.15, -0.1) is 0 Å². The molecule has 3 aromatic carbocycles. The van der Waals surface area contributed by atoms with E-state index in [1.54, 1.807) is 7.11 Å². The van der Waals surface area contributed by atoms with Gasteiger partial charge in [0.2, 0.25) is 0 Å². The largest absolute Gasteiger partial charge is 0.493 e. The Hall–Kier alpha value is -2.21. The first-order chi connectivity index (χ1) is 13.1. The molecule has 0 amide bonds. The average molecular weight is 473 g/mol. The summed E-state index contributed by atoms with van der Waals surface area (Å²) in [6.45, 7) is 5.49. The van der Waals surface area contributed by atoms with Crippen LogP contribution in [0.2, 0.25) is 0 Å². The van der Waals surface area contributed by atoms with E-state index in [9.17, 15) is 0 Å². The van der Waals surface area contributed by atoms with Crippen LogP contribution < -0.4 is 14.8 Å². The first-order valence-electron chi connectivity index (χ1n) is 8.91. The molecule has 0 fully saturated rings. The van der Waals surface area contributed by atoms with Crippen molar-refractivity contribution in [1.29, 1.82) is 0 Å². The predicted molar refractivity (Wildman–Crippen MR) is 120 cm³/mol. The molecule has 0 aliphatic heterocycles. The summed E-state index contributed by atoms with van der Waals surface area (Å²) in [5, 5.41) is 3.51. The molecule has 1 N–H and O–H groups in total. The second-order valence-corrected chi connectivity index (χ2v) is 7.72. The van der Waals surface area contributed by atoms with Crippen LogP contribution in [0.15, 0.2) is 60.7 Å². The van der Waals surface area contributed by atoms with E-state index in [1.807, 2.05) is 24.3 Å². The molecule has 0 saturated carbocycles. The fraction of sp³-hybridized carbons (Fsp3) is 0.217. The minimum Gasteiger partial charge on any atom is -0.493 e. The van der Waals surface area contributed by atoms with Crippen molar-refractivity contribution in [2.24, 2.45) is 0 Å². The lowest BCUT2D eigenvalue weighted by molar-refractivity contribution is 0.282. The molecule has 0 atom stereocenters.